The molecule has 0 bridgehead atoms. The Balaban J connectivity index is 1.49. The molecule has 2 atom stereocenters. The van der Waals surface area contributed by atoms with Crippen molar-refractivity contribution in [2.45, 2.75) is 32.5 Å². The fourth-order valence-electron chi connectivity index (χ4n) is 4.77. The summed E-state index contributed by atoms with van der Waals surface area (Å²) in [5, 5.41) is 17.1. The molecule has 0 unspecified atom stereocenters. The summed E-state index contributed by atoms with van der Waals surface area (Å²) in [4.78, 5) is 26.9. The van der Waals surface area contributed by atoms with E-state index in [1.54, 1.807) is 24.3 Å². The number of rotatable bonds is 8. The molecule has 0 aromatic heterocycles. The molecule has 8 N–H and O–H groups in total. The average molecular weight is 531 g/mol. The third-order valence-corrected chi connectivity index (χ3v) is 6.93. The van der Waals surface area contributed by atoms with Crippen molar-refractivity contribution in [2.75, 3.05) is 19.8 Å². The second-order valence-electron chi connectivity index (χ2n) is 9.71. The first kappa shape index (κ1) is 27.6. The van der Waals surface area contributed by atoms with Crippen molar-refractivity contribution in [3.63, 3.8) is 0 Å². The van der Waals surface area contributed by atoms with E-state index in [0.29, 0.717) is 30.8 Å². The number of morpholine rings is 1. The first-order valence-electron chi connectivity index (χ1n) is 12.7. The normalized spacial score (nSPS) is 17.0. The van der Waals surface area contributed by atoms with E-state index < -0.39 is 11.9 Å². The predicted octanol–water partition coefficient (Wildman–Crippen LogP) is 2.12. The van der Waals surface area contributed by atoms with E-state index in [0.717, 1.165) is 27.8 Å². The van der Waals surface area contributed by atoms with Crippen molar-refractivity contribution >= 4 is 17.6 Å². The maximum absolute atomic E-state index is 13.3. The van der Waals surface area contributed by atoms with Gasteiger partial charge in [0.25, 0.3) is 0 Å². The molecule has 39 heavy (non-hydrogen) atoms. The monoisotopic (exact) mass is 530 g/mol. The third-order valence-electron chi connectivity index (χ3n) is 6.93. The number of benzene rings is 3. The van der Waals surface area contributed by atoms with Gasteiger partial charge in [-0.25, -0.2) is 0 Å². The SMILES string of the molecule is Cc1cc(C(N)=O)ccc1-c1cc(O)cc(CN2CCOC[C@@H]2C(=O)N[C@@H](C)c2ccc(C(N)=NN)cc2)c1. The molecule has 1 heterocycles. The third kappa shape index (κ3) is 6.54. The number of amidine groups is 1. The van der Waals surface area contributed by atoms with Gasteiger partial charge in [-0.3, -0.25) is 14.5 Å². The zero-order chi connectivity index (χ0) is 28.1. The standard InChI is InChI=1S/C29H34N6O4/c1-17-11-22(28(31)37)7-8-25(17)23-12-19(13-24(36)14-23)15-35-9-10-39-16-26(35)29(38)33-18(2)20-3-5-21(6-4-20)27(30)34-32/h3-8,11-14,18,26,36H,9-10,15-16,32H2,1-2H3,(H2,30,34)(H2,31,37)(H,33,38)/t18-,26+/m0/s1. The van der Waals surface area contributed by atoms with Gasteiger partial charge in [-0.2, -0.15) is 5.10 Å². The molecule has 10 heteroatoms. The summed E-state index contributed by atoms with van der Waals surface area (Å²) in [6.07, 6.45) is 0. The largest absolute Gasteiger partial charge is 0.508 e. The highest BCUT2D eigenvalue weighted by Crippen LogP contribution is 2.30. The first-order valence-corrected chi connectivity index (χ1v) is 12.7. The van der Waals surface area contributed by atoms with Gasteiger partial charge >= 0.3 is 0 Å². The molecule has 0 saturated carbocycles. The summed E-state index contributed by atoms with van der Waals surface area (Å²) in [6, 6.07) is 17.2. The molecule has 1 fully saturated rings. The lowest BCUT2D eigenvalue weighted by Crippen LogP contribution is -2.53. The summed E-state index contributed by atoms with van der Waals surface area (Å²) in [5.41, 5.74) is 16.6. The minimum atomic E-state index is -0.497. The number of hydrogen-bond donors (Lipinski definition) is 5. The van der Waals surface area contributed by atoms with Gasteiger partial charge in [-0.15, -0.1) is 0 Å². The lowest BCUT2D eigenvalue weighted by Gasteiger charge is -2.35. The molecule has 4 rings (SSSR count). The van der Waals surface area contributed by atoms with Gasteiger partial charge in [0.15, 0.2) is 0 Å². The molecule has 1 aliphatic rings. The summed E-state index contributed by atoms with van der Waals surface area (Å²) in [7, 11) is 0. The summed E-state index contributed by atoms with van der Waals surface area (Å²) >= 11 is 0. The number of ether oxygens (including phenoxy) is 1. The number of aryl methyl sites for hydroxylation is 1. The number of phenols is 1. The van der Waals surface area contributed by atoms with E-state index in [1.807, 2.05) is 50.2 Å². The van der Waals surface area contributed by atoms with E-state index in [-0.39, 0.29) is 30.1 Å². The van der Waals surface area contributed by atoms with Crippen LogP contribution < -0.4 is 22.6 Å². The number of nitrogens with one attached hydrogen (secondary N) is 1. The summed E-state index contributed by atoms with van der Waals surface area (Å²) in [5.74, 6) is 4.97. The second kappa shape index (κ2) is 12.0. The van der Waals surface area contributed by atoms with Gasteiger partial charge in [-0.05, 0) is 72.0 Å². The van der Waals surface area contributed by atoms with E-state index >= 15 is 0 Å². The molecule has 3 aromatic carbocycles. The van der Waals surface area contributed by atoms with Crippen molar-refractivity contribution in [3.05, 3.63) is 88.5 Å². The Morgan fingerprint density at radius 3 is 2.49 bits per heavy atom. The first-order chi connectivity index (χ1) is 18.7. The highest BCUT2D eigenvalue weighted by Gasteiger charge is 2.30. The van der Waals surface area contributed by atoms with Crippen LogP contribution in [0.5, 0.6) is 5.75 Å². The summed E-state index contributed by atoms with van der Waals surface area (Å²) in [6.45, 7) is 5.58. The van der Waals surface area contributed by atoms with Gasteiger partial charge < -0.3 is 32.5 Å². The van der Waals surface area contributed by atoms with Crippen LogP contribution in [0.4, 0.5) is 0 Å². The Bertz CT molecular complexity index is 1390. The number of primary amides is 1. The summed E-state index contributed by atoms with van der Waals surface area (Å²) < 4.78 is 5.65. The van der Waals surface area contributed by atoms with Crippen molar-refractivity contribution in [1.82, 2.24) is 10.2 Å². The predicted molar refractivity (Wildman–Crippen MR) is 150 cm³/mol. The minimum Gasteiger partial charge on any atom is -0.508 e. The van der Waals surface area contributed by atoms with E-state index in [4.69, 9.17) is 22.0 Å². The van der Waals surface area contributed by atoms with Crippen LogP contribution in [0.15, 0.2) is 65.8 Å². The topological polar surface area (TPSA) is 169 Å². The van der Waals surface area contributed by atoms with Crippen LogP contribution in [0.2, 0.25) is 0 Å². The van der Waals surface area contributed by atoms with Gasteiger partial charge in [0.1, 0.15) is 17.6 Å². The molecule has 2 amide bonds. The number of nitrogens with two attached hydrogens (primary N) is 3. The fraction of sp³-hybridized carbons (Fsp3) is 0.276. The average Bonchev–Trinajstić information content (AvgIpc) is 2.92. The van der Waals surface area contributed by atoms with Crippen LogP contribution in [0.3, 0.4) is 0 Å². The van der Waals surface area contributed by atoms with E-state index in [9.17, 15) is 14.7 Å². The van der Waals surface area contributed by atoms with Crippen LogP contribution in [-0.2, 0) is 16.1 Å². The molecular weight excluding hydrogens is 496 g/mol. The zero-order valence-electron chi connectivity index (χ0n) is 22.1. The van der Waals surface area contributed by atoms with Crippen LogP contribution in [0.25, 0.3) is 11.1 Å². The lowest BCUT2D eigenvalue weighted by atomic mass is 9.96. The molecule has 1 aliphatic heterocycles. The van der Waals surface area contributed by atoms with Crippen molar-refractivity contribution in [3.8, 4) is 16.9 Å². The molecule has 0 radical (unpaired) electrons. The van der Waals surface area contributed by atoms with Gasteiger partial charge in [-0.1, -0.05) is 30.3 Å². The van der Waals surface area contributed by atoms with Crippen LogP contribution in [0.1, 0.15) is 45.6 Å². The van der Waals surface area contributed by atoms with Crippen LogP contribution in [-0.4, -0.2) is 53.5 Å². The Kier molecular flexibility index (Phi) is 8.48. The number of amides is 2. The van der Waals surface area contributed by atoms with Crippen molar-refractivity contribution in [2.24, 2.45) is 22.4 Å². The van der Waals surface area contributed by atoms with Crippen molar-refractivity contribution in [1.29, 1.82) is 0 Å². The number of carbonyl (C=O) groups excluding carboxylic acids is 2. The maximum Gasteiger partial charge on any atom is 0.248 e. The van der Waals surface area contributed by atoms with Crippen LogP contribution >= 0.6 is 0 Å². The zero-order valence-corrected chi connectivity index (χ0v) is 22.1. The molecule has 0 aliphatic carbocycles. The van der Waals surface area contributed by atoms with Gasteiger partial charge in [0, 0.05) is 24.2 Å². The molecule has 204 valence electrons. The lowest BCUT2D eigenvalue weighted by molar-refractivity contribution is -0.133. The van der Waals surface area contributed by atoms with Crippen LogP contribution in [0, 0.1) is 6.92 Å². The highest BCUT2D eigenvalue weighted by molar-refractivity contribution is 5.97. The number of nitrogens with zero attached hydrogens (tertiary/aromatic N) is 2. The number of aromatic hydroxyl groups is 1. The van der Waals surface area contributed by atoms with Crippen molar-refractivity contribution < 1.29 is 19.4 Å². The molecule has 3 aromatic rings. The maximum atomic E-state index is 13.3. The number of carbonyl (C=O) groups is 2. The number of hydrazone groups is 1. The van der Waals surface area contributed by atoms with E-state index in [1.165, 1.54) is 0 Å². The number of phenolic OH excluding ortho intramolecular Hbond substituents is 1. The fourth-order valence-corrected chi connectivity index (χ4v) is 4.77. The Morgan fingerprint density at radius 1 is 1.10 bits per heavy atom. The Hall–Kier alpha value is -4.41. The molecule has 10 nitrogen and oxygen atoms in total. The second-order valence-corrected chi connectivity index (χ2v) is 9.71. The molecule has 1 saturated heterocycles. The minimum absolute atomic E-state index is 0.118. The highest BCUT2D eigenvalue weighted by atomic mass is 16.5. The molecular formula is C29H34N6O4. The van der Waals surface area contributed by atoms with Gasteiger partial charge in [0.05, 0.1) is 19.3 Å². The number of hydrogen-bond acceptors (Lipinski definition) is 7. The Morgan fingerprint density at radius 2 is 1.82 bits per heavy atom. The molecule has 0 spiro atoms. The Labute approximate surface area is 227 Å². The van der Waals surface area contributed by atoms with E-state index in [2.05, 4.69) is 15.3 Å². The van der Waals surface area contributed by atoms with Gasteiger partial charge in [0.2, 0.25) is 11.8 Å². The smallest absolute Gasteiger partial charge is 0.248 e. The quantitative estimate of drug-likeness (QED) is 0.129.